The lowest BCUT2D eigenvalue weighted by molar-refractivity contribution is -0.115. The predicted octanol–water partition coefficient (Wildman–Crippen LogP) is 2.99. The number of aromatic nitrogens is 1. The van der Waals surface area contributed by atoms with Gasteiger partial charge in [-0.15, -0.1) is 11.3 Å². The molecule has 0 aliphatic rings. The molecule has 6 heteroatoms. The molecule has 0 bridgehead atoms. The quantitative estimate of drug-likeness (QED) is 0.948. The fourth-order valence-electron chi connectivity index (χ4n) is 1.22. The Morgan fingerprint density at radius 3 is 3.00 bits per heavy atom. The van der Waals surface area contributed by atoms with E-state index >= 15 is 0 Å². The van der Waals surface area contributed by atoms with Gasteiger partial charge in [0.2, 0.25) is 5.91 Å². The van der Waals surface area contributed by atoms with E-state index < -0.39 is 0 Å². The number of carbonyl (C=O) groups is 1. The molecule has 1 N–H and O–H groups in total. The molecule has 2 aromatic rings. The third kappa shape index (κ3) is 2.93. The number of anilines is 1. The first kappa shape index (κ1) is 11.3. The molecule has 0 aliphatic carbocycles. The average molecular weight is 301 g/mol. The second-order valence-electron chi connectivity index (χ2n) is 3.28. The van der Waals surface area contributed by atoms with Crippen LogP contribution in [0, 0.1) is 6.92 Å². The molecule has 2 rings (SSSR count). The molecule has 0 unspecified atom stereocenters. The predicted molar refractivity (Wildman–Crippen MR) is 65.6 cm³/mol. The number of hydrogen-bond donors (Lipinski definition) is 1. The van der Waals surface area contributed by atoms with Gasteiger partial charge >= 0.3 is 0 Å². The van der Waals surface area contributed by atoms with Crippen molar-refractivity contribution in [1.29, 1.82) is 0 Å². The Bertz CT molecular complexity index is 462. The van der Waals surface area contributed by atoms with E-state index in [1.165, 1.54) is 0 Å². The highest BCUT2D eigenvalue weighted by Gasteiger charge is 2.08. The van der Waals surface area contributed by atoms with Crippen molar-refractivity contribution in [3.8, 4) is 0 Å². The Labute approximate surface area is 105 Å². The monoisotopic (exact) mass is 300 g/mol. The third-order valence-electron chi connectivity index (χ3n) is 1.85. The number of carbonyl (C=O) groups excluding carboxylic acids is 1. The number of hydrogen-bond acceptors (Lipinski definition) is 4. The van der Waals surface area contributed by atoms with Gasteiger partial charge in [-0.05, 0) is 28.9 Å². The van der Waals surface area contributed by atoms with E-state index in [2.05, 4.69) is 26.4 Å². The van der Waals surface area contributed by atoms with Gasteiger partial charge in [-0.2, -0.15) is 0 Å². The highest BCUT2D eigenvalue weighted by Crippen LogP contribution is 2.20. The molecule has 2 aromatic heterocycles. The van der Waals surface area contributed by atoms with Crippen LogP contribution in [-0.4, -0.2) is 11.1 Å². The largest absolute Gasteiger partial charge is 0.360 e. The van der Waals surface area contributed by atoms with E-state index in [1.807, 2.05) is 11.4 Å². The van der Waals surface area contributed by atoms with E-state index in [0.717, 1.165) is 9.35 Å². The van der Waals surface area contributed by atoms with Gasteiger partial charge in [0.15, 0.2) is 5.82 Å². The summed E-state index contributed by atoms with van der Waals surface area (Å²) in [5, 5.41) is 8.31. The van der Waals surface area contributed by atoms with Crippen LogP contribution in [0.4, 0.5) is 5.82 Å². The Morgan fingerprint density at radius 2 is 2.44 bits per heavy atom. The molecule has 2 heterocycles. The van der Waals surface area contributed by atoms with Gasteiger partial charge in [-0.25, -0.2) is 0 Å². The molecule has 0 radical (unpaired) electrons. The topological polar surface area (TPSA) is 55.1 Å². The van der Waals surface area contributed by atoms with E-state index in [1.54, 1.807) is 24.3 Å². The highest BCUT2D eigenvalue weighted by atomic mass is 79.9. The molecular formula is C10H9BrN2O2S. The summed E-state index contributed by atoms with van der Waals surface area (Å²) in [6.45, 7) is 1.78. The van der Waals surface area contributed by atoms with Gasteiger partial charge in [0.1, 0.15) is 5.76 Å². The van der Waals surface area contributed by atoms with Crippen molar-refractivity contribution >= 4 is 39.0 Å². The summed E-state index contributed by atoms with van der Waals surface area (Å²) < 4.78 is 5.85. The van der Waals surface area contributed by atoms with Crippen LogP contribution in [0.15, 0.2) is 26.5 Å². The summed E-state index contributed by atoms with van der Waals surface area (Å²) in [5.41, 5.74) is 0. The third-order valence-corrected chi connectivity index (χ3v) is 3.55. The van der Waals surface area contributed by atoms with Gasteiger partial charge < -0.3 is 9.84 Å². The Kier molecular flexibility index (Phi) is 3.40. The van der Waals surface area contributed by atoms with E-state index in [4.69, 9.17) is 4.52 Å². The Hall–Kier alpha value is -1.14. The van der Waals surface area contributed by atoms with Crippen LogP contribution in [0.2, 0.25) is 0 Å². The van der Waals surface area contributed by atoms with Crippen LogP contribution in [0.1, 0.15) is 10.6 Å². The second kappa shape index (κ2) is 4.80. The first-order chi connectivity index (χ1) is 7.63. The molecule has 0 fully saturated rings. The minimum Gasteiger partial charge on any atom is -0.360 e. The summed E-state index contributed by atoms with van der Waals surface area (Å²) in [6, 6.07) is 3.61. The smallest absolute Gasteiger partial charge is 0.230 e. The van der Waals surface area contributed by atoms with E-state index in [9.17, 15) is 4.79 Å². The summed E-state index contributed by atoms with van der Waals surface area (Å²) >= 11 is 4.89. The molecule has 1 amide bonds. The summed E-state index contributed by atoms with van der Waals surface area (Å²) in [4.78, 5) is 12.6. The van der Waals surface area contributed by atoms with Gasteiger partial charge in [-0.1, -0.05) is 5.16 Å². The number of nitrogens with one attached hydrogen (secondary N) is 1. The van der Waals surface area contributed by atoms with Crippen molar-refractivity contribution in [3.05, 3.63) is 32.6 Å². The Morgan fingerprint density at radius 1 is 1.62 bits per heavy atom. The summed E-state index contributed by atoms with van der Waals surface area (Å²) in [5.74, 6) is 1.04. The number of nitrogens with zero attached hydrogens (tertiary/aromatic N) is 1. The second-order valence-corrected chi connectivity index (χ2v) is 5.19. The fraction of sp³-hybridized carbons (Fsp3) is 0.200. The molecular weight excluding hydrogens is 292 g/mol. The number of halogens is 1. The van der Waals surface area contributed by atoms with Crippen molar-refractivity contribution in [2.24, 2.45) is 0 Å². The minimum atomic E-state index is -0.0948. The van der Waals surface area contributed by atoms with Gasteiger partial charge in [0.25, 0.3) is 0 Å². The van der Waals surface area contributed by atoms with Crippen molar-refractivity contribution < 1.29 is 9.32 Å². The van der Waals surface area contributed by atoms with Gasteiger partial charge in [0, 0.05) is 20.8 Å². The molecule has 0 spiro atoms. The van der Waals surface area contributed by atoms with Crippen LogP contribution in [0.3, 0.4) is 0 Å². The lowest BCUT2D eigenvalue weighted by Crippen LogP contribution is -2.13. The number of rotatable bonds is 3. The van der Waals surface area contributed by atoms with Crippen LogP contribution in [0.5, 0.6) is 0 Å². The molecule has 0 atom stereocenters. The van der Waals surface area contributed by atoms with Crippen molar-refractivity contribution in [1.82, 2.24) is 5.16 Å². The van der Waals surface area contributed by atoms with Crippen LogP contribution in [0.25, 0.3) is 0 Å². The summed E-state index contributed by atoms with van der Waals surface area (Å²) in [6.07, 6.45) is 0.349. The van der Waals surface area contributed by atoms with E-state index in [-0.39, 0.29) is 5.91 Å². The molecule has 16 heavy (non-hydrogen) atoms. The average Bonchev–Trinajstić information content (AvgIpc) is 2.76. The zero-order valence-electron chi connectivity index (χ0n) is 8.49. The molecule has 0 aliphatic heterocycles. The van der Waals surface area contributed by atoms with Crippen LogP contribution >= 0.6 is 27.3 Å². The maximum absolute atomic E-state index is 11.6. The van der Waals surface area contributed by atoms with Crippen LogP contribution < -0.4 is 5.32 Å². The van der Waals surface area contributed by atoms with Crippen molar-refractivity contribution in [2.75, 3.05) is 5.32 Å². The SMILES string of the molecule is Cc1cc(NC(=O)Cc2cc(Br)cs2)no1. The van der Waals surface area contributed by atoms with E-state index in [0.29, 0.717) is 18.0 Å². The molecule has 4 nitrogen and oxygen atoms in total. The first-order valence-corrected chi connectivity index (χ1v) is 6.27. The lowest BCUT2D eigenvalue weighted by atomic mass is 10.3. The maximum atomic E-state index is 11.6. The number of thiophene rings is 1. The molecule has 0 saturated carbocycles. The number of aryl methyl sites for hydroxylation is 1. The van der Waals surface area contributed by atoms with Crippen molar-refractivity contribution in [2.45, 2.75) is 13.3 Å². The maximum Gasteiger partial charge on any atom is 0.230 e. The van der Waals surface area contributed by atoms with Gasteiger partial charge in [-0.3, -0.25) is 4.79 Å². The molecule has 84 valence electrons. The minimum absolute atomic E-state index is 0.0948. The van der Waals surface area contributed by atoms with Crippen LogP contribution in [-0.2, 0) is 11.2 Å². The molecule has 0 aromatic carbocycles. The lowest BCUT2D eigenvalue weighted by Gasteiger charge is -1.98. The summed E-state index contributed by atoms with van der Waals surface area (Å²) in [7, 11) is 0. The first-order valence-electron chi connectivity index (χ1n) is 4.59. The van der Waals surface area contributed by atoms with Gasteiger partial charge in [0.05, 0.1) is 6.42 Å². The van der Waals surface area contributed by atoms with Crippen molar-refractivity contribution in [3.63, 3.8) is 0 Å². The number of amides is 1. The zero-order valence-corrected chi connectivity index (χ0v) is 10.9. The highest BCUT2D eigenvalue weighted by molar-refractivity contribution is 9.10. The standard InChI is InChI=1S/C10H9BrN2O2S/c1-6-2-9(13-15-6)12-10(14)4-8-3-7(11)5-16-8/h2-3,5H,4H2,1H3,(H,12,13,14). The Balaban J connectivity index is 1.94. The normalized spacial score (nSPS) is 10.4. The zero-order chi connectivity index (χ0) is 11.5. The fourth-order valence-corrected chi connectivity index (χ4v) is 2.67. The molecule has 0 saturated heterocycles.